The molecule has 0 bridgehead atoms. The van der Waals surface area contributed by atoms with Crippen molar-refractivity contribution in [3.8, 4) is 0 Å². The summed E-state index contributed by atoms with van der Waals surface area (Å²) in [5.41, 5.74) is 6.07. The second kappa shape index (κ2) is 3.82. The number of carboxylic acid groups (broad SMARTS) is 1. The predicted octanol–water partition coefficient (Wildman–Crippen LogP) is 0.966. The fourth-order valence-electron chi connectivity index (χ4n) is 0.992. The zero-order chi connectivity index (χ0) is 9.84. The molecule has 1 aromatic rings. The third-order valence-electron chi connectivity index (χ3n) is 1.65. The number of pyridine rings is 1. The molecule has 4 heteroatoms. The Bertz CT molecular complexity index is 336. The first-order chi connectivity index (χ1) is 6.16. The van der Waals surface area contributed by atoms with Crippen LogP contribution in [0.1, 0.15) is 22.1 Å². The minimum atomic E-state index is -1.08. The highest BCUT2D eigenvalue weighted by Crippen LogP contribution is 2.14. The minimum absolute atomic E-state index is 0.0186. The van der Waals surface area contributed by atoms with E-state index >= 15 is 0 Å². The van der Waals surface area contributed by atoms with Crippen molar-refractivity contribution < 1.29 is 9.90 Å². The second-order valence-corrected chi connectivity index (χ2v) is 2.51. The van der Waals surface area contributed by atoms with Crippen LogP contribution in [0, 0.1) is 0 Å². The van der Waals surface area contributed by atoms with Crippen molar-refractivity contribution in [1.82, 2.24) is 4.98 Å². The summed E-state index contributed by atoms with van der Waals surface area (Å²) in [6, 6.07) is 2.79. The van der Waals surface area contributed by atoms with E-state index in [9.17, 15) is 4.79 Å². The summed E-state index contributed by atoms with van der Waals surface area (Å²) in [5, 5.41) is 8.76. The highest BCUT2D eigenvalue weighted by atomic mass is 16.4. The van der Waals surface area contributed by atoms with E-state index in [0.717, 1.165) is 0 Å². The molecular formula is C9H10N2O2. The van der Waals surface area contributed by atoms with E-state index in [-0.39, 0.29) is 5.69 Å². The molecule has 68 valence electrons. The van der Waals surface area contributed by atoms with E-state index in [0.29, 0.717) is 5.56 Å². The summed E-state index contributed by atoms with van der Waals surface area (Å²) in [6.07, 6.45) is 2.90. The van der Waals surface area contributed by atoms with Crippen LogP contribution in [0.25, 0.3) is 0 Å². The van der Waals surface area contributed by atoms with Gasteiger partial charge in [0.1, 0.15) is 0 Å². The minimum Gasteiger partial charge on any atom is -0.477 e. The van der Waals surface area contributed by atoms with E-state index in [2.05, 4.69) is 11.6 Å². The molecule has 0 amide bonds. The van der Waals surface area contributed by atoms with Crippen LogP contribution in [0.4, 0.5) is 0 Å². The Morgan fingerprint density at radius 1 is 1.77 bits per heavy atom. The summed E-state index contributed by atoms with van der Waals surface area (Å²) in [4.78, 5) is 14.4. The molecule has 1 heterocycles. The van der Waals surface area contributed by atoms with Crippen LogP contribution in [0.2, 0.25) is 0 Å². The molecule has 0 unspecified atom stereocenters. The summed E-state index contributed by atoms with van der Waals surface area (Å²) in [7, 11) is 0. The molecule has 0 radical (unpaired) electrons. The van der Waals surface area contributed by atoms with Crippen molar-refractivity contribution in [1.29, 1.82) is 0 Å². The summed E-state index contributed by atoms with van der Waals surface area (Å²) in [5.74, 6) is -1.08. The topological polar surface area (TPSA) is 76.2 Å². The fourth-order valence-corrected chi connectivity index (χ4v) is 0.992. The zero-order valence-corrected chi connectivity index (χ0v) is 6.97. The Labute approximate surface area is 75.7 Å². The molecule has 1 rings (SSSR count). The molecule has 4 nitrogen and oxygen atoms in total. The first-order valence-corrected chi connectivity index (χ1v) is 3.73. The highest BCUT2D eigenvalue weighted by molar-refractivity contribution is 5.87. The van der Waals surface area contributed by atoms with Crippen LogP contribution in [-0.4, -0.2) is 16.1 Å². The number of nitrogens with two attached hydrogens (primary N) is 1. The standard InChI is InChI=1S/C9H10N2O2/c1-2-7(10)6-4-3-5-11-8(6)9(12)13/h2-5,7H,1,10H2,(H,12,13)/t7-/m1/s1. The Morgan fingerprint density at radius 2 is 2.46 bits per heavy atom. The van der Waals surface area contributed by atoms with Crippen molar-refractivity contribution >= 4 is 5.97 Å². The van der Waals surface area contributed by atoms with Gasteiger partial charge in [-0.2, -0.15) is 0 Å². The van der Waals surface area contributed by atoms with Gasteiger partial charge in [0.25, 0.3) is 0 Å². The number of carboxylic acids is 1. The fraction of sp³-hybridized carbons (Fsp3) is 0.111. The average molecular weight is 178 g/mol. The molecule has 0 aromatic carbocycles. The third kappa shape index (κ3) is 1.91. The third-order valence-corrected chi connectivity index (χ3v) is 1.65. The van der Waals surface area contributed by atoms with E-state index in [4.69, 9.17) is 10.8 Å². The van der Waals surface area contributed by atoms with Gasteiger partial charge < -0.3 is 10.8 Å². The van der Waals surface area contributed by atoms with E-state index in [1.54, 1.807) is 12.1 Å². The molecule has 0 aliphatic rings. The maximum atomic E-state index is 10.7. The monoisotopic (exact) mass is 178 g/mol. The molecule has 3 N–H and O–H groups in total. The number of hydrogen-bond donors (Lipinski definition) is 2. The second-order valence-electron chi connectivity index (χ2n) is 2.51. The van der Waals surface area contributed by atoms with Crippen molar-refractivity contribution in [3.05, 3.63) is 42.2 Å². The van der Waals surface area contributed by atoms with Crippen molar-refractivity contribution in [3.63, 3.8) is 0 Å². The lowest BCUT2D eigenvalue weighted by atomic mass is 10.1. The van der Waals surface area contributed by atoms with E-state index in [1.807, 2.05) is 0 Å². The van der Waals surface area contributed by atoms with Gasteiger partial charge in [0.2, 0.25) is 0 Å². The van der Waals surface area contributed by atoms with Gasteiger partial charge in [-0.25, -0.2) is 9.78 Å². The lowest BCUT2D eigenvalue weighted by Crippen LogP contribution is -2.13. The molecule has 0 aliphatic heterocycles. The Hall–Kier alpha value is -1.68. The van der Waals surface area contributed by atoms with Gasteiger partial charge in [-0.15, -0.1) is 6.58 Å². The summed E-state index contributed by atoms with van der Waals surface area (Å²) >= 11 is 0. The largest absolute Gasteiger partial charge is 0.477 e. The van der Waals surface area contributed by atoms with Crippen LogP contribution in [0.15, 0.2) is 31.0 Å². The summed E-state index contributed by atoms with van der Waals surface area (Å²) in [6.45, 7) is 3.49. The first kappa shape index (κ1) is 9.41. The Balaban J connectivity index is 3.19. The van der Waals surface area contributed by atoms with Gasteiger partial charge >= 0.3 is 5.97 Å². The van der Waals surface area contributed by atoms with Gasteiger partial charge in [-0.05, 0) is 6.07 Å². The number of hydrogen-bond acceptors (Lipinski definition) is 3. The maximum Gasteiger partial charge on any atom is 0.354 e. The van der Waals surface area contributed by atoms with Gasteiger partial charge in [-0.1, -0.05) is 12.1 Å². The molecule has 0 saturated heterocycles. The Morgan fingerprint density at radius 3 is 3.00 bits per heavy atom. The van der Waals surface area contributed by atoms with E-state index in [1.165, 1.54) is 12.3 Å². The van der Waals surface area contributed by atoms with Crippen LogP contribution in [0.3, 0.4) is 0 Å². The molecule has 0 spiro atoms. The normalized spacial score (nSPS) is 12.1. The molecule has 0 saturated carbocycles. The van der Waals surface area contributed by atoms with Crippen molar-refractivity contribution in [2.45, 2.75) is 6.04 Å². The molecule has 1 atom stereocenters. The highest BCUT2D eigenvalue weighted by Gasteiger charge is 2.13. The smallest absolute Gasteiger partial charge is 0.354 e. The van der Waals surface area contributed by atoms with Crippen LogP contribution in [0.5, 0.6) is 0 Å². The SMILES string of the molecule is C=C[C@@H](N)c1cccnc1C(=O)O. The number of aromatic carboxylic acids is 1. The molecular weight excluding hydrogens is 168 g/mol. The van der Waals surface area contributed by atoms with Gasteiger partial charge in [-0.3, -0.25) is 0 Å². The van der Waals surface area contributed by atoms with Crippen LogP contribution < -0.4 is 5.73 Å². The predicted molar refractivity (Wildman–Crippen MR) is 48.3 cm³/mol. The van der Waals surface area contributed by atoms with Crippen molar-refractivity contribution in [2.24, 2.45) is 5.73 Å². The van der Waals surface area contributed by atoms with Crippen LogP contribution >= 0.6 is 0 Å². The first-order valence-electron chi connectivity index (χ1n) is 3.73. The van der Waals surface area contributed by atoms with Gasteiger partial charge in [0, 0.05) is 11.8 Å². The molecule has 13 heavy (non-hydrogen) atoms. The lowest BCUT2D eigenvalue weighted by molar-refractivity contribution is 0.0689. The zero-order valence-electron chi connectivity index (χ0n) is 6.97. The lowest BCUT2D eigenvalue weighted by Gasteiger charge is -2.08. The maximum absolute atomic E-state index is 10.7. The van der Waals surface area contributed by atoms with Crippen LogP contribution in [-0.2, 0) is 0 Å². The average Bonchev–Trinajstić information content (AvgIpc) is 2.16. The van der Waals surface area contributed by atoms with Crippen molar-refractivity contribution in [2.75, 3.05) is 0 Å². The Kier molecular flexibility index (Phi) is 2.76. The van der Waals surface area contributed by atoms with E-state index < -0.39 is 12.0 Å². The molecule has 0 fully saturated rings. The number of nitrogens with zero attached hydrogens (tertiary/aromatic N) is 1. The summed E-state index contributed by atoms with van der Waals surface area (Å²) < 4.78 is 0. The van der Waals surface area contributed by atoms with Gasteiger partial charge in [0.05, 0.1) is 6.04 Å². The molecule has 1 aromatic heterocycles. The quantitative estimate of drug-likeness (QED) is 0.676. The number of aromatic nitrogens is 1. The van der Waals surface area contributed by atoms with Gasteiger partial charge in [0.15, 0.2) is 5.69 Å². The number of carbonyl (C=O) groups is 1. The molecule has 0 aliphatic carbocycles. The number of rotatable bonds is 3.